The largest absolute Gasteiger partial charge is 0.480 e. The van der Waals surface area contributed by atoms with Gasteiger partial charge in [0.1, 0.15) is 18.7 Å². The van der Waals surface area contributed by atoms with Gasteiger partial charge in [-0.1, -0.05) is 75.7 Å². The first-order valence-corrected chi connectivity index (χ1v) is 11.4. The molecule has 2 amide bonds. The standard InChI is InChI=1S/C26H32N2O5/c1-5-16(3)23(24(29)28(4)22(6-2)25(30)31)27-26(32)33-15-21-19-13-9-7-11-17(19)18-12-8-10-14-20(18)21/h7-14,16,21-23H,5-6,15H2,1-4H3,(H,27,32)(H,30,31)/t16?,22?,23-/m0/s1. The van der Waals surface area contributed by atoms with Gasteiger partial charge in [-0.2, -0.15) is 0 Å². The second kappa shape index (κ2) is 10.5. The molecule has 33 heavy (non-hydrogen) atoms. The Morgan fingerprint density at radius 2 is 1.55 bits per heavy atom. The van der Waals surface area contributed by atoms with Crippen LogP contribution in [0.5, 0.6) is 0 Å². The van der Waals surface area contributed by atoms with E-state index in [4.69, 9.17) is 4.74 Å². The zero-order chi connectivity index (χ0) is 24.1. The maximum Gasteiger partial charge on any atom is 0.407 e. The van der Waals surface area contributed by atoms with Crippen molar-refractivity contribution in [1.29, 1.82) is 0 Å². The summed E-state index contributed by atoms with van der Waals surface area (Å²) in [6.45, 7) is 5.62. The first-order valence-electron chi connectivity index (χ1n) is 11.4. The summed E-state index contributed by atoms with van der Waals surface area (Å²) in [6, 6.07) is 14.3. The van der Waals surface area contributed by atoms with Crippen molar-refractivity contribution in [3.63, 3.8) is 0 Å². The average molecular weight is 453 g/mol. The maximum absolute atomic E-state index is 13.1. The first kappa shape index (κ1) is 24.3. The van der Waals surface area contributed by atoms with Gasteiger partial charge in [0.05, 0.1) is 0 Å². The van der Waals surface area contributed by atoms with Crippen LogP contribution < -0.4 is 5.32 Å². The fourth-order valence-electron chi connectivity index (χ4n) is 4.44. The van der Waals surface area contributed by atoms with Crippen molar-refractivity contribution in [3.05, 3.63) is 59.7 Å². The van der Waals surface area contributed by atoms with E-state index in [1.54, 1.807) is 6.92 Å². The van der Waals surface area contributed by atoms with Gasteiger partial charge in [-0.05, 0) is 34.6 Å². The molecule has 0 radical (unpaired) electrons. The number of carboxylic acid groups (broad SMARTS) is 1. The van der Waals surface area contributed by atoms with Crippen LogP contribution in [0.2, 0.25) is 0 Å². The minimum atomic E-state index is -1.07. The molecule has 176 valence electrons. The third-order valence-electron chi connectivity index (χ3n) is 6.58. The molecule has 0 aliphatic heterocycles. The fraction of sp³-hybridized carbons (Fsp3) is 0.423. The molecule has 0 spiro atoms. The number of fused-ring (bicyclic) bond motifs is 3. The van der Waals surface area contributed by atoms with Gasteiger partial charge in [0.2, 0.25) is 5.91 Å². The summed E-state index contributed by atoms with van der Waals surface area (Å²) in [5, 5.41) is 12.1. The summed E-state index contributed by atoms with van der Waals surface area (Å²) in [7, 11) is 1.46. The summed E-state index contributed by atoms with van der Waals surface area (Å²) in [6.07, 6.45) is 0.223. The molecule has 3 rings (SSSR count). The molecule has 0 bridgehead atoms. The summed E-state index contributed by atoms with van der Waals surface area (Å²) in [5.74, 6) is -1.78. The molecule has 0 aromatic heterocycles. The van der Waals surface area contributed by atoms with E-state index < -0.39 is 30.1 Å². The Morgan fingerprint density at radius 1 is 1.00 bits per heavy atom. The van der Waals surface area contributed by atoms with Crippen LogP contribution in [0.15, 0.2) is 48.5 Å². The number of rotatable bonds is 9. The predicted octanol–water partition coefficient (Wildman–Crippen LogP) is 4.26. The molecule has 2 N–H and O–H groups in total. The van der Waals surface area contributed by atoms with Gasteiger partial charge in [0.25, 0.3) is 0 Å². The highest BCUT2D eigenvalue weighted by molar-refractivity contribution is 5.89. The number of carboxylic acids is 1. The summed E-state index contributed by atoms with van der Waals surface area (Å²) < 4.78 is 5.59. The number of hydrogen-bond acceptors (Lipinski definition) is 4. The number of hydrogen-bond donors (Lipinski definition) is 2. The van der Waals surface area contributed by atoms with E-state index in [1.165, 1.54) is 11.9 Å². The van der Waals surface area contributed by atoms with Gasteiger partial charge < -0.3 is 20.1 Å². The molecule has 7 nitrogen and oxygen atoms in total. The van der Waals surface area contributed by atoms with E-state index >= 15 is 0 Å². The highest BCUT2D eigenvalue weighted by atomic mass is 16.5. The number of ether oxygens (including phenoxy) is 1. The van der Waals surface area contributed by atoms with Gasteiger partial charge in [0, 0.05) is 13.0 Å². The smallest absolute Gasteiger partial charge is 0.407 e. The van der Waals surface area contributed by atoms with Crippen molar-refractivity contribution < 1.29 is 24.2 Å². The summed E-state index contributed by atoms with van der Waals surface area (Å²) in [5.41, 5.74) is 4.48. The Bertz CT molecular complexity index is 976. The highest BCUT2D eigenvalue weighted by Gasteiger charge is 2.34. The van der Waals surface area contributed by atoms with Crippen LogP contribution in [0.4, 0.5) is 4.79 Å². The molecule has 2 aromatic rings. The zero-order valence-corrected chi connectivity index (χ0v) is 19.6. The Kier molecular flexibility index (Phi) is 7.74. The molecule has 0 fully saturated rings. The van der Waals surface area contributed by atoms with E-state index in [9.17, 15) is 19.5 Å². The van der Waals surface area contributed by atoms with Crippen molar-refractivity contribution in [2.75, 3.05) is 13.7 Å². The Balaban J connectivity index is 1.72. The lowest BCUT2D eigenvalue weighted by Gasteiger charge is -2.31. The Labute approximate surface area is 194 Å². The molecule has 3 atom stereocenters. The molecule has 0 saturated heterocycles. The number of nitrogens with one attached hydrogen (secondary N) is 1. The molecule has 2 unspecified atom stereocenters. The van der Waals surface area contributed by atoms with E-state index in [1.807, 2.05) is 50.2 Å². The average Bonchev–Trinajstić information content (AvgIpc) is 3.14. The molecular formula is C26H32N2O5. The molecule has 7 heteroatoms. The third-order valence-corrected chi connectivity index (χ3v) is 6.58. The number of likely N-dealkylation sites (N-methyl/N-ethyl adjacent to an activating group) is 1. The lowest BCUT2D eigenvalue weighted by Crippen LogP contribution is -2.54. The molecule has 2 aromatic carbocycles. The molecular weight excluding hydrogens is 420 g/mol. The second-order valence-corrected chi connectivity index (χ2v) is 8.54. The minimum Gasteiger partial charge on any atom is -0.480 e. The SMILES string of the molecule is CCC(C)[C@H](NC(=O)OCC1c2ccccc2-c2ccccc21)C(=O)N(C)C(CC)C(=O)O. The molecule has 0 heterocycles. The number of nitrogens with zero attached hydrogens (tertiary/aromatic N) is 1. The van der Waals surface area contributed by atoms with E-state index in [2.05, 4.69) is 17.4 Å². The zero-order valence-electron chi connectivity index (χ0n) is 19.6. The number of amides is 2. The van der Waals surface area contributed by atoms with Gasteiger partial charge >= 0.3 is 12.1 Å². The van der Waals surface area contributed by atoms with Gasteiger partial charge in [0.15, 0.2) is 0 Å². The van der Waals surface area contributed by atoms with Crippen LogP contribution >= 0.6 is 0 Å². The van der Waals surface area contributed by atoms with Crippen molar-refractivity contribution in [2.24, 2.45) is 5.92 Å². The van der Waals surface area contributed by atoms with E-state index in [0.29, 0.717) is 6.42 Å². The van der Waals surface area contributed by atoms with Gasteiger partial charge in [-0.25, -0.2) is 9.59 Å². The van der Waals surface area contributed by atoms with E-state index in [-0.39, 0.29) is 24.9 Å². The predicted molar refractivity (Wildman–Crippen MR) is 126 cm³/mol. The first-order chi connectivity index (χ1) is 15.8. The van der Waals surface area contributed by atoms with Crippen LogP contribution in [0.1, 0.15) is 50.7 Å². The van der Waals surface area contributed by atoms with Crippen LogP contribution in [0.25, 0.3) is 11.1 Å². The topological polar surface area (TPSA) is 95.9 Å². The molecule has 0 saturated carbocycles. The Morgan fingerprint density at radius 3 is 2.03 bits per heavy atom. The van der Waals surface area contributed by atoms with Crippen LogP contribution in [-0.4, -0.2) is 53.7 Å². The molecule has 1 aliphatic rings. The Hall–Kier alpha value is -3.35. The maximum atomic E-state index is 13.1. The monoisotopic (exact) mass is 452 g/mol. The van der Waals surface area contributed by atoms with Crippen molar-refractivity contribution >= 4 is 18.0 Å². The summed E-state index contributed by atoms with van der Waals surface area (Å²) in [4.78, 5) is 38.5. The van der Waals surface area contributed by atoms with Crippen LogP contribution in [-0.2, 0) is 14.3 Å². The number of alkyl carbamates (subject to hydrolysis) is 1. The van der Waals surface area contributed by atoms with Crippen molar-refractivity contribution in [2.45, 2.75) is 51.6 Å². The lowest BCUT2D eigenvalue weighted by molar-refractivity contribution is -0.150. The summed E-state index contributed by atoms with van der Waals surface area (Å²) >= 11 is 0. The number of benzene rings is 2. The van der Waals surface area contributed by atoms with Crippen LogP contribution in [0.3, 0.4) is 0 Å². The quantitative estimate of drug-likeness (QED) is 0.593. The van der Waals surface area contributed by atoms with E-state index in [0.717, 1.165) is 22.3 Å². The minimum absolute atomic E-state index is 0.0833. The number of aliphatic carboxylic acids is 1. The van der Waals surface area contributed by atoms with Crippen molar-refractivity contribution in [3.8, 4) is 11.1 Å². The molecule has 1 aliphatic carbocycles. The van der Waals surface area contributed by atoms with Crippen molar-refractivity contribution in [1.82, 2.24) is 10.2 Å². The second-order valence-electron chi connectivity index (χ2n) is 8.54. The van der Waals surface area contributed by atoms with Gasteiger partial charge in [-0.3, -0.25) is 4.79 Å². The van der Waals surface area contributed by atoms with Crippen LogP contribution in [0, 0.1) is 5.92 Å². The lowest BCUT2D eigenvalue weighted by atomic mass is 9.97. The number of carbonyl (C=O) groups is 3. The highest BCUT2D eigenvalue weighted by Crippen LogP contribution is 2.44. The third kappa shape index (κ3) is 5.02. The normalized spacial score (nSPS) is 15.0. The van der Waals surface area contributed by atoms with Gasteiger partial charge in [-0.15, -0.1) is 0 Å². The number of carbonyl (C=O) groups excluding carboxylic acids is 2. The fourth-order valence-corrected chi connectivity index (χ4v) is 4.44.